The molecule has 0 radical (unpaired) electrons. The normalized spacial score (nSPS) is 9.90. The molecule has 1 aromatic heterocycles. The highest BCUT2D eigenvalue weighted by Gasteiger charge is 2.12. The maximum atomic E-state index is 11.9. The van der Waals surface area contributed by atoms with Gasteiger partial charge in [0.2, 0.25) is 0 Å². The lowest BCUT2D eigenvalue weighted by molar-refractivity contribution is -0.139. The number of benzene rings is 1. The van der Waals surface area contributed by atoms with E-state index in [-0.39, 0.29) is 11.4 Å². The Morgan fingerprint density at radius 1 is 1.19 bits per heavy atom. The SMILES string of the molecule is O=C(O)COc1ccc(NC(=O)c2ncccc2O)cc1. The highest BCUT2D eigenvalue weighted by Crippen LogP contribution is 2.18. The maximum Gasteiger partial charge on any atom is 0.341 e. The smallest absolute Gasteiger partial charge is 0.341 e. The van der Waals surface area contributed by atoms with Crippen molar-refractivity contribution in [3.63, 3.8) is 0 Å². The average Bonchev–Trinajstić information content (AvgIpc) is 2.47. The molecule has 7 heteroatoms. The summed E-state index contributed by atoms with van der Waals surface area (Å²) in [6.07, 6.45) is 1.40. The second kappa shape index (κ2) is 6.38. The van der Waals surface area contributed by atoms with Crippen molar-refractivity contribution in [1.29, 1.82) is 0 Å². The monoisotopic (exact) mass is 288 g/mol. The molecule has 0 fully saturated rings. The minimum atomic E-state index is -1.07. The number of hydrogen-bond acceptors (Lipinski definition) is 5. The minimum absolute atomic E-state index is 0.0799. The highest BCUT2D eigenvalue weighted by molar-refractivity contribution is 6.04. The van der Waals surface area contributed by atoms with Crippen LogP contribution in [0.1, 0.15) is 10.5 Å². The fourth-order valence-corrected chi connectivity index (χ4v) is 1.54. The van der Waals surface area contributed by atoms with Gasteiger partial charge in [-0.25, -0.2) is 9.78 Å². The van der Waals surface area contributed by atoms with E-state index in [1.165, 1.54) is 30.5 Å². The number of carboxylic acid groups (broad SMARTS) is 1. The Morgan fingerprint density at radius 3 is 2.52 bits per heavy atom. The summed E-state index contributed by atoms with van der Waals surface area (Å²) in [7, 11) is 0. The molecule has 21 heavy (non-hydrogen) atoms. The maximum absolute atomic E-state index is 11.9. The Kier molecular flexibility index (Phi) is 4.35. The number of aromatic nitrogens is 1. The van der Waals surface area contributed by atoms with Crippen molar-refractivity contribution in [2.75, 3.05) is 11.9 Å². The van der Waals surface area contributed by atoms with Gasteiger partial charge < -0.3 is 20.3 Å². The molecule has 0 atom stereocenters. The zero-order chi connectivity index (χ0) is 15.2. The molecular formula is C14H12N2O5. The van der Waals surface area contributed by atoms with E-state index in [0.717, 1.165) is 0 Å². The van der Waals surface area contributed by atoms with Crippen LogP contribution >= 0.6 is 0 Å². The van der Waals surface area contributed by atoms with Gasteiger partial charge in [-0.15, -0.1) is 0 Å². The van der Waals surface area contributed by atoms with Crippen LogP contribution in [0.3, 0.4) is 0 Å². The Labute approximate surface area is 119 Å². The molecule has 1 amide bonds. The molecule has 0 unspecified atom stereocenters. The largest absolute Gasteiger partial charge is 0.505 e. The van der Waals surface area contributed by atoms with Crippen molar-refractivity contribution in [2.45, 2.75) is 0 Å². The first-order valence-corrected chi connectivity index (χ1v) is 5.96. The van der Waals surface area contributed by atoms with Gasteiger partial charge in [0.05, 0.1) is 0 Å². The molecule has 0 bridgehead atoms. The molecular weight excluding hydrogens is 276 g/mol. The molecule has 0 aliphatic rings. The summed E-state index contributed by atoms with van der Waals surface area (Å²) in [6.45, 7) is -0.437. The summed E-state index contributed by atoms with van der Waals surface area (Å²) in [6, 6.07) is 9.03. The Hall–Kier alpha value is -3.09. The molecule has 0 saturated heterocycles. The zero-order valence-corrected chi connectivity index (χ0v) is 10.8. The number of rotatable bonds is 5. The minimum Gasteiger partial charge on any atom is -0.505 e. The summed E-state index contributed by atoms with van der Waals surface area (Å²) in [4.78, 5) is 26.0. The van der Waals surface area contributed by atoms with Crippen molar-refractivity contribution in [3.05, 3.63) is 48.3 Å². The standard InChI is InChI=1S/C14H12N2O5/c17-11-2-1-7-15-13(11)14(20)16-9-3-5-10(6-4-9)21-8-12(18)19/h1-7,17H,8H2,(H,16,20)(H,18,19). The molecule has 1 heterocycles. The molecule has 3 N–H and O–H groups in total. The summed E-state index contributed by atoms with van der Waals surface area (Å²) in [5.41, 5.74) is 0.386. The summed E-state index contributed by atoms with van der Waals surface area (Å²) >= 11 is 0. The van der Waals surface area contributed by atoms with Crippen molar-refractivity contribution in [1.82, 2.24) is 4.98 Å². The van der Waals surface area contributed by atoms with Gasteiger partial charge in [0.25, 0.3) is 5.91 Å². The van der Waals surface area contributed by atoms with Crippen LogP contribution in [-0.2, 0) is 4.79 Å². The summed E-state index contributed by atoms with van der Waals surface area (Å²) in [5.74, 6) is -1.46. The number of amides is 1. The lowest BCUT2D eigenvalue weighted by atomic mass is 10.2. The van der Waals surface area contributed by atoms with Gasteiger partial charge >= 0.3 is 5.97 Å². The second-order valence-electron chi connectivity index (χ2n) is 4.03. The van der Waals surface area contributed by atoms with E-state index >= 15 is 0 Å². The van der Waals surface area contributed by atoms with Crippen LogP contribution < -0.4 is 10.1 Å². The van der Waals surface area contributed by atoms with E-state index in [1.807, 2.05) is 0 Å². The van der Waals surface area contributed by atoms with Crippen molar-refractivity contribution in [2.24, 2.45) is 0 Å². The number of aromatic hydroxyl groups is 1. The summed E-state index contributed by atoms with van der Waals surface area (Å²) < 4.78 is 4.97. The highest BCUT2D eigenvalue weighted by atomic mass is 16.5. The predicted octanol–water partition coefficient (Wildman–Crippen LogP) is 1.50. The number of anilines is 1. The van der Waals surface area contributed by atoms with Gasteiger partial charge in [0, 0.05) is 11.9 Å². The van der Waals surface area contributed by atoms with Crippen molar-refractivity contribution < 1.29 is 24.5 Å². The fraction of sp³-hybridized carbons (Fsp3) is 0.0714. The van der Waals surface area contributed by atoms with Crippen molar-refractivity contribution >= 4 is 17.6 Å². The molecule has 2 aromatic rings. The van der Waals surface area contributed by atoms with Gasteiger partial charge in [0.15, 0.2) is 12.3 Å². The Morgan fingerprint density at radius 2 is 1.90 bits per heavy atom. The second-order valence-corrected chi connectivity index (χ2v) is 4.03. The number of carboxylic acids is 1. The number of pyridine rings is 1. The number of hydrogen-bond donors (Lipinski definition) is 3. The van der Waals surface area contributed by atoms with E-state index in [9.17, 15) is 14.7 Å². The van der Waals surface area contributed by atoms with E-state index in [4.69, 9.17) is 9.84 Å². The number of carbonyl (C=O) groups excluding carboxylic acids is 1. The molecule has 1 aromatic carbocycles. The van der Waals surface area contributed by atoms with E-state index < -0.39 is 18.5 Å². The third-order valence-corrected chi connectivity index (χ3v) is 2.48. The molecule has 0 saturated carbocycles. The lowest BCUT2D eigenvalue weighted by Gasteiger charge is -2.07. The van der Waals surface area contributed by atoms with Gasteiger partial charge in [-0.3, -0.25) is 4.79 Å². The zero-order valence-electron chi connectivity index (χ0n) is 10.8. The molecule has 0 aliphatic heterocycles. The van der Waals surface area contributed by atoms with E-state index in [2.05, 4.69) is 10.3 Å². The molecule has 108 valence electrons. The third-order valence-electron chi connectivity index (χ3n) is 2.48. The lowest BCUT2D eigenvalue weighted by Crippen LogP contribution is -2.13. The first kappa shape index (κ1) is 14.3. The molecule has 0 spiro atoms. The summed E-state index contributed by atoms with van der Waals surface area (Å²) in [5, 5.41) is 20.6. The first-order valence-electron chi connectivity index (χ1n) is 5.96. The van der Waals surface area contributed by atoms with E-state index in [0.29, 0.717) is 11.4 Å². The number of carbonyl (C=O) groups is 2. The quantitative estimate of drug-likeness (QED) is 0.769. The van der Waals surface area contributed by atoms with Crippen LogP contribution in [0.15, 0.2) is 42.6 Å². The Bertz CT molecular complexity index is 655. The predicted molar refractivity (Wildman–Crippen MR) is 73.4 cm³/mol. The first-order chi connectivity index (χ1) is 10.1. The van der Waals surface area contributed by atoms with Crippen molar-refractivity contribution in [3.8, 4) is 11.5 Å². The molecule has 0 aliphatic carbocycles. The Balaban J connectivity index is 2.02. The number of ether oxygens (including phenoxy) is 1. The van der Waals surface area contributed by atoms with Crippen LogP contribution in [0.25, 0.3) is 0 Å². The van der Waals surface area contributed by atoms with Gasteiger partial charge in [-0.1, -0.05) is 0 Å². The van der Waals surface area contributed by atoms with Crippen LogP contribution in [0.5, 0.6) is 11.5 Å². The average molecular weight is 288 g/mol. The number of nitrogens with one attached hydrogen (secondary N) is 1. The topological polar surface area (TPSA) is 109 Å². The third kappa shape index (κ3) is 3.93. The van der Waals surface area contributed by atoms with Crippen LogP contribution in [0, 0.1) is 0 Å². The fourth-order valence-electron chi connectivity index (χ4n) is 1.54. The van der Waals surface area contributed by atoms with Gasteiger partial charge in [-0.2, -0.15) is 0 Å². The number of aliphatic carboxylic acids is 1. The van der Waals surface area contributed by atoms with Gasteiger partial charge in [-0.05, 0) is 36.4 Å². The molecule has 2 rings (SSSR count). The number of nitrogens with zero attached hydrogens (tertiary/aromatic N) is 1. The molecule has 7 nitrogen and oxygen atoms in total. The van der Waals surface area contributed by atoms with Gasteiger partial charge in [0.1, 0.15) is 11.5 Å². The van der Waals surface area contributed by atoms with Crippen LogP contribution in [0.4, 0.5) is 5.69 Å². The van der Waals surface area contributed by atoms with E-state index in [1.54, 1.807) is 12.1 Å². The van der Waals surface area contributed by atoms with Crippen LogP contribution in [-0.4, -0.2) is 33.7 Å². The van der Waals surface area contributed by atoms with Crippen LogP contribution in [0.2, 0.25) is 0 Å².